The summed E-state index contributed by atoms with van der Waals surface area (Å²) in [5, 5.41) is 18.5. The molecule has 1 aliphatic carbocycles. The van der Waals surface area contributed by atoms with Crippen molar-refractivity contribution in [2.24, 2.45) is 7.05 Å². The van der Waals surface area contributed by atoms with Crippen LogP contribution in [0.1, 0.15) is 63.5 Å². The van der Waals surface area contributed by atoms with Crippen LogP contribution in [-0.4, -0.2) is 39.6 Å². The Hall–Kier alpha value is -0.950. The fourth-order valence-corrected chi connectivity index (χ4v) is 4.87. The SMILES string of the molecule is CC(C)c1nnc(CS(=O)(=O)CC2(O)CCCCC2)n1C. The molecule has 1 aromatic rings. The van der Waals surface area contributed by atoms with E-state index in [1.807, 2.05) is 13.8 Å². The van der Waals surface area contributed by atoms with Crippen LogP contribution in [0.2, 0.25) is 0 Å². The second-order valence-electron chi connectivity index (χ2n) is 6.51. The van der Waals surface area contributed by atoms with Crippen LogP contribution < -0.4 is 0 Å². The maximum Gasteiger partial charge on any atom is 0.160 e. The van der Waals surface area contributed by atoms with Gasteiger partial charge in [-0.1, -0.05) is 33.1 Å². The van der Waals surface area contributed by atoms with Crippen molar-refractivity contribution < 1.29 is 13.5 Å². The number of sulfone groups is 1. The molecule has 6 nitrogen and oxygen atoms in total. The maximum absolute atomic E-state index is 12.4. The monoisotopic (exact) mass is 315 g/mol. The van der Waals surface area contributed by atoms with E-state index < -0.39 is 15.4 Å². The summed E-state index contributed by atoms with van der Waals surface area (Å²) >= 11 is 0. The van der Waals surface area contributed by atoms with Gasteiger partial charge in [0.25, 0.3) is 0 Å². The van der Waals surface area contributed by atoms with Crippen LogP contribution >= 0.6 is 0 Å². The highest BCUT2D eigenvalue weighted by Gasteiger charge is 2.35. The lowest BCUT2D eigenvalue weighted by Gasteiger charge is -2.31. The fourth-order valence-electron chi connectivity index (χ4n) is 3.02. The highest BCUT2D eigenvalue weighted by Crippen LogP contribution is 2.30. The maximum atomic E-state index is 12.4. The van der Waals surface area contributed by atoms with Crippen molar-refractivity contribution >= 4 is 9.84 Å². The Morgan fingerprint density at radius 3 is 2.38 bits per heavy atom. The van der Waals surface area contributed by atoms with E-state index in [-0.39, 0.29) is 17.4 Å². The third-order valence-electron chi connectivity index (χ3n) is 4.14. The van der Waals surface area contributed by atoms with Gasteiger partial charge < -0.3 is 9.67 Å². The van der Waals surface area contributed by atoms with Crippen molar-refractivity contribution in [3.05, 3.63) is 11.6 Å². The van der Waals surface area contributed by atoms with Crippen molar-refractivity contribution in [2.45, 2.75) is 63.2 Å². The summed E-state index contributed by atoms with van der Waals surface area (Å²) in [6.45, 7) is 3.99. The molecular weight excluding hydrogens is 290 g/mol. The fraction of sp³-hybridized carbons (Fsp3) is 0.857. The lowest BCUT2D eigenvalue weighted by molar-refractivity contribution is 0.0257. The number of hydrogen-bond acceptors (Lipinski definition) is 5. The first-order valence-corrected chi connectivity index (χ1v) is 9.35. The summed E-state index contributed by atoms with van der Waals surface area (Å²) in [5.41, 5.74) is -1.06. The molecule has 1 N–H and O–H groups in total. The van der Waals surface area contributed by atoms with Crippen molar-refractivity contribution in [3.8, 4) is 0 Å². The Labute approximate surface area is 126 Å². The van der Waals surface area contributed by atoms with Gasteiger partial charge in [-0.2, -0.15) is 0 Å². The highest BCUT2D eigenvalue weighted by atomic mass is 32.2. The molecule has 1 aromatic heterocycles. The van der Waals surface area contributed by atoms with Crippen LogP contribution in [0.25, 0.3) is 0 Å². The van der Waals surface area contributed by atoms with Gasteiger partial charge in [0.2, 0.25) is 0 Å². The van der Waals surface area contributed by atoms with Crippen molar-refractivity contribution in [2.75, 3.05) is 5.75 Å². The van der Waals surface area contributed by atoms with Gasteiger partial charge in [-0.05, 0) is 12.8 Å². The molecule has 0 atom stereocenters. The quantitative estimate of drug-likeness (QED) is 0.891. The molecule has 1 fully saturated rings. The summed E-state index contributed by atoms with van der Waals surface area (Å²) in [7, 11) is -1.61. The molecule has 0 spiro atoms. The molecule has 0 unspecified atom stereocenters. The molecular formula is C14H25N3O3S. The zero-order valence-corrected chi connectivity index (χ0v) is 13.9. The molecule has 0 aliphatic heterocycles. The van der Waals surface area contributed by atoms with E-state index in [1.54, 1.807) is 11.6 Å². The number of rotatable bonds is 5. The molecule has 7 heteroatoms. The van der Waals surface area contributed by atoms with Gasteiger partial charge in [0, 0.05) is 13.0 Å². The Balaban J connectivity index is 2.10. The van der Waals surface area contributed by atoms with E-state index >= 15 is 0 Å². The zero-order valence-electron chi connectivity index (χ0n) is 13.0. The Morgan fingerprint density at radius 2 is 1.86 bits per heavy atom. The van der Waals surface area contributed by atoms with Gasteiger partial charge in [0.1, 0.15) is 17.4 Å². The van der Waals surface area contributed by atoms with Gasteiger partial charge in [-0.3, -0.25) is 0 Å². The third-order valence-corrected chi connectivity index (χ3v) is 5.81. The lowest BCUT2D eigenvalue weighted by atomic mass is 9.86. The van der Waals surface area contributed by atoms with Gasteiger partial charge in [-0.25, -0.2) is 8.42 Å². The van der Waals surface area contributed by atoms with Crippen molar-refractivity contribution in [1.82, 2.24) is 14.8 Å². The number of aromatic nitrogens is 3. The minimum atomic E-state index is -3.40. The van der Waals surface area contributed by atoms with E-state index in [9.17, 15) is 13.5 Å². The van der Waals surface area contributed by atoms with E-state index in [0.717, 1.165) is 25.1 Å². The topological polar surface area (TPSA) is 85.1 Å². The Kier molecular flexibility index (Phi) is 4.72. The Bertz CT molecular complexity index is 587. The van der Waals surface area contributed by atoms with Gasteiger partial charge in [-0.15, -0.1) is 10.2 Å². The highest BCUT2D eigenvalue weighted by molar-refractivity contribution is 7.90. The van der Waals surface area contributed by atoms with Gasteiger partial charge in [0.15, 0.2) is 9.84 Å². The molecule has 2 rings (SSSR count). The molecule has 0 bridgehead atoms. The van der Waals surface area contributed by atoms with Gasteiger partial charge >= 0.3 is 0 Å². The smallest absolute Gasteiger partial charge is 0.160 e. The van der Waals surface area contributed by atoms with Crippen LogP contribution in [-0.2, 0) is 22.6 Å². The molecule has 1 aliphatic rings. The minimum Gasteiger partial charge on any atom is -0.389 e. The number of hydrogen-bond donors (Lipinski definition) is 1. The standard InChI is InChI=1S/C14H25N3O3S/c1-11(2)13-16-15-12(17(13)3)9-21(19,20)10-14(18)7-5-4-6-8-14/h11,18H,4-10H2,1-3H3. The van der Waals surface area contributed by atoms with Gasteiger partial charge in [0.05, 0.1) is 11.4 Å². The van der Waals surface area contributed by atoms with E-state index in [2.05, 4.69) is 10.2 Å². The van der Waals surface area contributed by atoms with E-state index in [4.69, 9.17) is 0 Å². The lowest BCUT2D eigenvalue weighted by Crippen LogP contribution is -2.39. The van der Waals surface area contributed by atoms with Crippen molar-refractivity contribution in [3.63, 3.8) is 0 Å². The number of nitrogens with zero attached hydrogens (tertiary/aromatic N) is 3. The molecule has 0 amide bonds. The summed E-state index contributed by atoms with van der Waals surface area (Å²) in [5.74, 6) is 1.08. The second-order valence-corrected chi connectivity index (χ2v) is 8.57. The minimum absolute atomic E-state index is 0.161. The van der Waals surface area contributed by atoms with E-state index in [1.165, 1.54) is 0 Å². The van der Waals surface area contributed by atoms with Crippen LogP contribution in [0.3, 0.4) is 0 Å². The summed E-state index contributed by atoms with van der Waals surface area (Å²) in [6, 6.07) is 0. The molecule has 1 saturated carbocycles. The Morgan fingerprint density at radius 1 is 1.24 bits per heavy atom. The molecule has 0 saturated heterocycles. The average molecular weight is 315 g/mol. The summed E-state index contributed by atoms with van der Waals surface area (Å²) in [6.07, 6.45) is 4.01. The normalized spacial score (nSPS) is 19.1. The first kappa shape index (κ1) is 16.4. The largest absolute Gasteiger partial charge is 0.389 e. The second kappa shape index (κ2) is 6.04. The molecule has 120 valence electrons. The zero-order chi connectivity index (χ0) is 15.7. The first-order valence-electron chi connectivity index (χ1n) is 7.53. The molecule has 0 radical (unpaired) electrons. The summed E-state index contributed by atoms with van der Waals surface area (Å²) in [4.78, 5) is 0. The average Bonchev–Trinajstić information content (AvgIpc) is 2.69. The van der Waals surface area contributed by atoms with Crippen LogP contribution in [0.4, 0.5) is 0 Å². The molecule has 1 heterocycles. The predicted molar refractivity (Wildman–Crippen MR) is 80.6 cm³/mol. The van der Waals surface area contributed by atoms with E-state index in [0.29, 0.717) is 18.7 Å². The van der Waals surface area contributed by atoms with Crippen LogP contribution in [0.5, 0.6) is 0 Å². The van der Waals surface area contributed by atoms with Crippen LogP contribution in [0, 0.1) is 0 Å². The first-order chi connectivity index (χ1) is 9.72. The van der Waals surface area contributed by atoms with Crippen LogP contribution in [0.15, 0.2) is 0 Å². The summed E-state index contributed by atoms with van der Waals surface area (Å²) < 4.78 is 26.5. The molecule has 0 aromatic carbocycles. The number of aliphatic hydroxyl groups is 1. The predicted octanol–water partition coefficient (Wildman–Crippen LogP) is 1.55. The van der Waals surface area contributed by atoms with Crippen molar-refractivity contribution in [1.29, 1.82) is 0 Å². The third kappa shape index (κ3) is 4.03. The molecule has 21 heavy (non-hydrogen) atoms.